The first-order valence-corrected chi connectivity index (χ1v) is 15.0. The fourth-order valence-corrected chi connectivity index (χ4v) is 5.76. The van der Waals surface area contributed by atoms with E-state index >= 15 is 0 Å². The average Bonchev–Trinajstić information content (AvgIpc) is 3.56. The molecule has 3 aromatic carbocycles. The lowest BCUT2D eigenvalue weighted by Crippen LogP contribution is -2.38. The molecule has 1 fully saturated rings. The Bertz CT molecular complexity index is 1950. The fraction of sp³-hybridized carbons (Fsp3) is 0.200. The molecule has 222 valence electrons. The van der Waals surface area contributed by atoms with Crippen LogP contribution < -0.4 is 21.6 Å². The zero-order valence-electron chi connectivity index (χ0n) is 24.7. The predicted octanol–water partition coefficient (Wildman–Crippen LogP) is 6.68. The zero-order chi connectivity index (χ0) is 30.8. The molecule has 1 saturated carbocycles. The van der Waals surface area contributed by atoms with Gasteiger partial charge in [0, 0.05) is 35.1 Å². The number of benzene rings is 3. The van der Waals surface area contributed by atoms with Crippen LogP contribution in [-0.4, -0.2) is 21.0 Å². The van der Waals surface area contributed by atoms with Crippen molar-refractivity contribution in [2.75, 3.05) is 10.6 Å². The number of fused-ring (bicyclic) bond motifs is 1. The molecule has 7 rings (SSSR count). The maximum absolute atomic E-state index is 10.2. The van der Waals surface area contributed by atoms with Gasteiger partial charge in [-0.25, -0.2) is 4.98 Å². The van der Waals surface area contributed by atoms with Crippen molar-refractivity contribution in [2.24, 2.45) is 0 Å². The molecule has 0 radical (unpaired) electrons. The van der Waals surface area contributed by atoms with Crippen molar-refractivity contribution in [3.8, 4) is 23.6 Å². The van der Waals surface area contributed by atoms with E-state index in [1.165, 1.54) is 0 Å². The van der Waals surface area contributed by atoms with Crippen molar-refractivity contribution in [3.63, 3.8) is 0 Å². The van der Waals surface area contributed by atoms with E-state index in [9.17, 15) is 10.5 Å². The molecule has 0 spiro atoms. The Morgan fingerprint density at radius 1 is 0.978 bits per heavy atom. The lowest BCUT2D eigenvalue weighted by atomic mass is 9.99. The summed E-state index contributed by atoms with van der Waals surface area (Å²) in [4.78, 5) is 8.88. The maximum atomic E-state index is 10.2. The topological polar surface area (TPSA) is 138 Å². The molecule has 10 nitrogen and oxygen atoms in total. The maximum Gasteiger partial charge on any atom is 0.225 e. The molecule has 2 aromatic heterocycles. The molecule has 0 unspecified atom stereocenters. The molecule has 1 aliphatic carbocycles. The third-order valence-electron chi connectivity index (χ3n) is 8.21. The predicted molar refractivity (Wildman–Crippen MR) is 172 cm³/mol. The summed E-state index contributed by atoms with van der Waals surface area (Å²) in [6.07, 6.45) is 9.90. The summed E-state index contributed by atoms with van der Waals surface area (Å²) >= 11 is 0. The number of nitrogens with one attached hydrogen (secondary N) is 4. The van der Waals surface area contributed by atoms with Gasteiger partial charge in [-0.2, -0.15) is 10.5 Å². The Labute approximate surface area is 261 Å². The van der Waals surface area contributed by atoms with Crippen molar-refractivity contribution >= 4 is 22.3 Å². The van der Waals surface area contributed by atoms with Gasteiger partial charge < -0.3 is 20.5 Å². The van der Waals surface area contributed by atoms with Crippen LogP contribution in [0, 0.1) is 22.7 Å². The van der Waals surface area contributed by atoms with Crippen molar-refractivity contribution in [3.05, 3.63) is 120 Å². The van der Waals surface area contributed by atoms with Crippen molar-refractivity contribution in [1.82, 2.24) is 25.9 Å². The molecule has 1 aliphatic heterocycles. The minimum absolute atomic E-state index is 0.0379. The van der Waals surface area contributed by atoms with Gasteiger partial charge in [-0.05, 0) is 54.7 Å². The molecule has 5 aromatic rings. The summed E-state index contributed by atoms with van der Waals surface area (Å²) in [6, 6.07) is 26.7. The highest BCUT2D eigenvalue weighted by atomic mass is 16.3. The van der Waals surface area contributed by atoms with E-state index in [0.29, 0.717) is 45.3 Å². The van der Waals surface area contributed by atoms with Gasteiger partial charge >= 0.3 is 0 Å². The number of pyridine rings is 1. The fourth-order valence-electron chi connectivity index (χ4n) is 5.76. The normalized spacial score (nSPS) is 15.4. The third-order valence-corrected chi connectivity index (χ3v) is 8.21. The molecule has 4 N–H and O–H groups in total. The Kier molecular flexibility index (Phi) is 7.48. The van der Waals surface area contributed by atoms with Crippen molar-refractivity contribution < 1.29 is 4.42 Å². The third kappa shape index (κ3) is 5.63. The Morgan fingerprint density at radius 2 is 1.80 bits per heavy atom. The van der Waals surface area contributed by atoms with Gasteiger partial charge in [0.1, 0.15) is 18.4 Å². The average molecular weight is 594 g/mol. The van der Waals surface area contributed by atoms with Crippen molar-refractivity contribution in [1.29, 1.82) is 10.5 Å². The Hall–Kier alpha value is -5.84. The summed E-state index contributed by atoms with van der Waals surface area (Å²) < 4.78 is 5.58. The van der Waals surface area contributed by atoms with E-state index in [1.807, 2.05) is 54.6 Å². The van der Waals surface area contributed by atoms with E-state index in [2.05, 4.69) is 74.0 Å². The number of hydrogen-bond donors (Lipinski definition) is 4. The minimum atomic E-state index is -0.323. The lowest BCUT2D eigenvalue weighted by Gasteiger charge is -2.24. The first-order valence-electron chi connectivity index (χ1n) is 15.0. The van der Waals surface area contributed by atoms with Gasteiger partial charge in [0.25, 0.3) is 0 Å². The van der Waals surface area contributed by atoms with Gasteiger partial charge in [-0.15, -0.1) is 5.53 Å². The van der Waals surface area contributed by atoms with Gasteiger partial charge in [0.05, 0.1) is 46.3 Å². The monoisotopic (exact) mass is 593 g/mol. The number of hydrogen-bond acceptors (Lipinski definition) is 10. The van der Waals surface area contributed by atoms with Gasteiger partial charge in [0.2, 0.25) is 5.89 Å². The molecule has 3 heterocycles. The number of hydrazine groups is 2. The van der Waals surface area contributed by atoms with Gasteiger partial charge in [-0.3, -0.25) is 9.99 Å². The first kappa shape index (κ1) is 28.0. The molecule has 0 amide bonds. The van der Waals surface area contributed by atoms with Crippen LogP contribution in [0.4, 0.5) is 11.4 Å². The quantitative estimate of drug-likeness (QED) is 0.139. The minimum Gasteiger partial charge on any atom is -0.445 e. The van der Waals surface area contributed by atoms with Crippen LogP contribution >= 0.6 is 0 Å². The Morgan fingerprint density at radius 3 is 2.53 bits per heavy atom. The Balaban J connectivity index is 1.32. The van der Waals surface area contributed by atoms with E-state index < -0.39 is 0 Å². The summed E-state index contributed by atoms with van der Waals surface area (Å²) in [6.45, 7) is 2.10. The van der Waals surface area contributed by atoms with Crippen LogP contribution in [0.25, 0.3) is 22.4 Å². The van der Waals surface area contributed by atoms with Gasteiger partial charge in [0.15, 0.2) is 0 Å². The molecule has 2 atom stereocenters. The second-order valence-corrected chi connectivity index (χ2v) is 11.2. The molecule has 10 heteroatoms. The van der Waals surface area contributed by atoms with Crippen LogP contribution in [0.3, 0.4) is 0 Å². The number of rotatable bonds is 10. The second kappa shape index (κ2) is 12.0. The number of anilines is 2. The van der Waals surface area contributed by atoms with Gasteiger partial charge in [-0.1, -0.05) is 49.4 Å². The number of oxazole rings is 1. The van der Waals surface area contributed by atoms with Crippen LogP contribution in [-0.2, 0) is 0 Å². The summed E-state index contributed by atoms with van der Waals surface area (Å²) in [5, 5.41) is 30.4. The van der Waals surface area contributed by atoms with Crippen molar-refractivity contribution in [2.45, 2.75) is 44.3 Å². The molecular weight excluding hydrogens is 562 g/mol. The molecule has 0 bridgehead atoms. The van der Waals surface area contributed by atoms with E-state index in [4.69, 9.17) is 4.42 Å². The number of nitrogens with zero attached hydrogens (tertiary/aromatic N) is 5. The standard InChI is InChI=1S/C35H31N9O/c1-2-30(22-7-4-3-5-8-22)41-33-26(19-37)20-39-32-25(18-36)16-27(17-29(32)33)40-34(31-21-44(43-42-31)28-11-12-28)23-9-6-10-24(15-23)35-38-13-14-45-35/h3-10,13-17,20-21,28,30,34,40,42-43H,2,11-12H2,1H3,(H,39,41)/t30-,34+/m1/s1. The zero-order valence-corrected chi connectivity index (χ0v) is 24.7. The summed E-state index contributed by atoms with van der Waals surface area (Å²) in [5.74, 6) is 0.536. The molecule has 45 heavy (non-hydrogen) atoms. The van der Waals surface area contributed by atoms with Crippen LogP contribution in [0.2, 0.25) is 0 Å². The van der Waals surface area contributed by atoms with Crippen LogP contribution in [0.1, 0.15) is 60.5 Å². The largest absolute Gasteiger partial charge is 0.445 e. The lowest BCUT2D eigenvalue weighted by molar-refractivity contribution is 0.260. The van der Waals surface area contributed by atoms with E-state index in [0.717, 1.165) is 41.6 Å². The summed E-state index contributed by atoms with van der Waals surface area (Å²) in [5.41, 5.74) is 13.2. The smallest absolute Gasteiger partial charge is 0.225 e. The van der Waals surface area contributed by atoms with E-state index in [1.54, 1.807) is 18.7 Å². The van der Waals surface area contributed by atoms with Crippen LogP contribution in [0.15, 0.2) is 102 Å². The number of aromatic nitrogens is 2. The van der Waals surface area contributed by atoms with Crippen LogP contribution in [0.5, 0.6) is 0 Å². The number of nitriles is 2. The highest BCUT2D eigenvalue weighted by Crippen LogP contribution is 2.37. The molecule has 0 saturated heterocycles. The van der Waals surface area contributed by atoms with E-state index in [-0.39, 0.29) is 12.1 Å². The SMILES string of the molecule is CC[C@@H](Nc1c(C#N)cnc2c(C#N)cc(N[C@H](C3=CN(C4CC4)NN3)c3cccc(-c4ncco4)c3)cc12)c1ccccc1. The second-order valence-electron chi connectivity index (χ2n) is 11.2. The highest BCUT2D eigenvalue weighted by molar-refractivity contribution is 5.99. The molecular formula is C35H31N9O. The highest BCUT2D eigenvalue weighted by Gasteiger charge is 2.32. The molecule has 2 aliphatic rings. The summed E-state index contributed by atoms with van der Waals surface area (Å²) in [7, 11) is 0. The first-order chi connectivity index (χ1) is 22.1.